The SMILES string of the molecule is CCOC(=O)c1nn(-c2ccc(C(C)C)cc2)c(=O)c2c(NC(=O)c3ccncc3)scc12. The molecular formula is C24H22N4O4S. The van der Waals surface area contributed by atoms with Crippen molar-refractivity contribution in [2.75, 3.05) is 11.9 Å². The summed E-state index contributed by atoms with van der Waals surface area (Å²) in [5, 5.41) is 9.61. The van der Waals surface area contributed by atoms with E-state index in [1.54, 1.807) is 36.6 Å². The van der Waals surface area contributed by atoms with E-state index >= 15 is 0 Å². The minimum atomic E-state index is -0.639. The highest BCUT2D eigenvalue weighted by molar-refractivity contribution is 7.16. The van der Waals surface area contributed by atoms with Crippen LogP contribution in [0.3, 0.4) is 0 Å². The molecule has 3 heterocycles. The van der Waals surface area contributed by atoms with Gasteiger partial charge in [0.1, 0.15) is 5.00 Å². The highest BCUT2D eigenvalue weighted by Crippen LogP contribution is 2.31. The van der Waals surface area contributed by atoms with Crippen molar-refractivity contribution in [3.8, 4) is 5.69 Å². The third-order valence-electron chi connectivity index (χ3n) is 5.10. The van der Waals surface area contributed by atoms with Crippen LogP contribution in [-0.2, 0) is 4.74 Å². The molecule has 4 aromatic rings. The summed E-state index contributed by atoms with van der Waals surface area (Å²) >= 11 is 1.15. The van der Waals surface area contributed by atoms with Crippen molar-refractivity contribution in [3.05, 3.63) is 81.3 Å². The van der Waals surface area contributed by atoms with Crippen LogP contribution in [0.15, 0.2) is 59.0 Å². The first-order valence-corrected chi connectivity index (χ1v) is 11.3. The normalized spacial score (nSPS) is 11.0. The molecule has 1 aromatic carbocycles. The van der Waals surface area contributed by atoms with Crippen LogP contribution in [0, 0.1) is 0 Å². The molecule has 0 aliphatic carbocycles. The van der Waals surface area contributed by atoms with Gasteiger partial charge in [-0.05, 0) is 42.7 Å². The molecule has 0 aliphatic rings. The molecule has 9 heteroatoms. The van der Waals surface area contributed by atoms with E-state index in [-0.39, 0.29) is 23.6 Å². The number of aromatic nitrogens is 3. The van der Waals surface area contributed by atoms with Crippen LogP contribution < -0.4 is 10.9 Å². The summed E-state index contributed by atoms with van der Waals surface area (Å²) in [5.41, 5.74) is 1.59. The number of hydrogen-bond acceptors (Lipinski definition) is 7. The van der Waals surface area contributed by atoms with Crippen LogP contribution in [0.5, 0.6) is 0 Å². The lowest BCUT2D eigenvalue weighted by molar-refractivity contribution is 0.0520. The second kappa shape index (κ2) is 9.33. The summed E-state index contributed by atoms with van der Waals surface area (Å²) in [7, 11) is 0. The molecule has 168 valence electrons. The third-order valence-corrected chi connectivity index (χ3v) is 5.99. The zero-order valence-corrected chi connectivity index (χ0v) is 19.2. The number of esters is 1. The smallest absolute Gasteiger partial charge is 0.359 e. The first kappa shape index (κ1) is 22.3. The van der Waals surface area contributed by atoms with Crippen molar-refractivity contribution in [2.45, 2.75) is 26.7 Å². The molecular weight excluding hydrogens is 440 g/mol. The lowest BCUT2D eigenvalue weighted by Crippen LogP contribution is -2.25. The number of anilines is 1. The predicted octanol–water partition coefficient (Wildman–Crippen LogP) is 4.39. The second-order valence-electron chi connectivity index (χ2n) is 7.58. The topological polar surface area (TPSA) is 103 Å². The summed E-state index contributed by atoms with van der Waals surface area (Å²) in [6, 6.07) is 10.6. The number of nitrogens with zero attached hydrogens (tertiary/aromatic N) is 3. The van der Waals surface area contributed by atoms with E-state index < -0.39 is 11.5 Å². The lowest BCUT2D eigenvalue weighted by Gasteiger charge is -2.11. The number of fused-ring (bicyclic) bond motifs is 1. The molecule has 0 saturated carbocycles. The molecule has 1 N–H and O–H groups in total. The fourth-order valence-corrected chi connectivity index (χ4v) is 4.28. The number of pyridine rings is 1. The number of thiophene rings is 1. The van der Waals surface area contributed by atoms with Crippen LogP contribution in [0.25, 0.3) is 16.5 Å². The Morgan fingerprint density at radius 1 is 1.12 bits per heavy atom. The minimum absolute atomic E-state index is 0.0139. The van der Waals surface area contributed by atoms with E-state index in [0.717, 1.165) is 16.9 Å². The van der Waals surface area contributed by atoms with Gasteiger partial charge in [-0.15, -0.1) is 11.3 Å². The van der Waals surface area contributed by atoms with Crippen molar-refractivity contribution in [3.63, 3.8) is 0 Å². The van der Waals surface area contributed by atoms with E-state index in [1.807, 2.05) is 12.1 Å². The van der Waals surface area contributed by atoms with Gasteiger partial charge < -0.3 is 10.1 Å². The van der Waals surface area contributed by atoms with Crippen molar-refractivity contribution in [1.29, 1.82) is 0 Å². The number of hydrogen-bond donors (Lipinski definition) is 1. The van der Waals surface area contributed by atoms with Crippen molar-refractivity contribution in [1.82, 2.24) is 14.8 Å². The number of carbonyl (C=O) groups excluding carboxylic acids is 2. The number of amides is 1. The standard InChI is InChI=1S/C24H22N4O4S/c1-4-32-24(31)20-18-13-33-22(26-21(29)16-9-11-25-12-10-16)19(18)23(30)28(27-20)17-7-5-15(6-8-17)14(2)3/h5-14H,4H2,1-3H3,(H,26,29). The zero-order chi connectivity index (χ0) is 23.5. The molecule has 0 fully saturated rings. The molecule has 0 aliphatic heterocycles. The maximum atomic E-state index is 13.5. The van der Waals surface area contributed by atoms with Crippen LogP contribution >= 0.6 is 11.3 Å². The van der Waals surface area contributed by atoms with Gasteiger partial charge in [0.2, 0.25) is 0 Å². The maximum Gasteiger partial charge on any atom is 0.359 e. The van der Waals surface area contributed by atoms with E-state index in [2.05, 4.69) is 29.2 Å². The molecule has 33 heavy (non-hydrogen) atoms. The van der Waals surface area contributed by atoms with Gasteiger partial charge in [-0.2, -0.15) is 9.78 Å². The Kier molecular flexibility index (Phi) is 6.32. The van der Waals surface area contributed by atoms with Crippen LogP contribution in [0.1, 0.15) is 53.1 Å². The van der Waals surface area contributed by atoms with Crippen LogP contribution in [0.2, 0.25) is 0 Å². The summed E-state index contributed by atoms with van der Waals surface area (Å²) in [4.78, 5) is 42.7. The number of ether oxygens (including phenoxy) is 1. The number of rotatable bonds is 6. The van der Waals surface area contributed by atoms with Gasteiger partial charge >= 0.3 is 5.97 Å². The van der Waals surface area contributed by atoms with Crippen molar-refractivity contribution in [2.24, 2.45) is 0 Å². The summed E-state index contributed by atoms with van der Waals surface area (Å²) in [6.07, 6.45) is 3.02. The second-order valence-corrected chi connectivity index (χ2v) is 8.46. The Labute approximate surface area is 193 Å². The van der Waals surface area contributed by atoms with Gasteiger partial charge in [-0.3, -0.25) is 14.6 Å². The van der Waals surface area contributed by atoms with E-state index in [9.17, 15) is 14.4 Å². The van der Waals surface area contributed by atoms with Gasteiger partial charge in [-0.25, -0.2) is 4.79 Å². The van der Waals surface area contributed by atoms with Gasteiger partial charge in [0.15, 0.2) is 5.69 Å². The molecule has 0 atom stereocenters. The highest BCUT2D eigenvalue weighted by Gasteiger charge is 2.23. The van der Waals surface area contributed by atoms with Gasteiger partial charge in [0.25, 0.3) is 11.5 Å². The summed E-state index contributed by atoms with van der Waals surface area (Å²) in [6.45, 7) is 6.02. The average Bonchev–Trinajstić information content (AvgIpc) is 3.24. The van der Waals surface area contributed by atoms with Gasteiger partial charge in [0.05, 0.1) is 17.7 Å². The minimum Gasteiger partial charge on any atom is -0.461 e. The third kappa shape index (κ3) is 4.40. The molecule has 0 unspecified atom stereocenters. The largest absolute Gasteiger partial charge is 0.461 e. The molecule has 8 nitrogen and oxygen atoms in total. The number of benzene rings is 1. The molecule has 0 radical (unpaired) electrons. The highest BCUT2D eigenvalue weighted by atomic mass is 32.1. The summed E-state index contributed by atoms with van der Waals surface area (Å²) in [5.74, 6) is -0.698. The maximum absolute atomic E-state index is 13.5. The first-order valence-electron chi connectivity index (χ1n) is 10.4. The molecule has 4 rings (SSSR count). The molecule has 0 spiro atoms. The molecule has 1 amide bonds. The Balaban J connectivity index is 1.87. The number of carbonyl (C=O) groups is 2. The Hall–Kier alpha value is -3.85. The fourth-order valence-electron chi connectivity index (χ4n) is 3.35. The lowest BCUT2D eigenvalue weighted by atomic mass is 10.0. The Bertz CT molecular complexity index is 1380. The van der Waals surface area contributed by atoms with Crippen molar-refractivity contribution < 1.29 is 14.3 Å². The van der Waals surface area contributed by atoms with Gasteiger partial charge in [0, 0.05) is 28.7 Å². The number of nitrogens with one attached hydrogen (secondary N) is 1. The summed E-state index contributed by atoms with van der Waals surface area (Å²) < 4.78 is 6.34. The average molecular weight is 463 g/mol. The zero-order valence-electron chi connectivity index (χ0n) is 18.4. The molecule has 3 aromatic heterocycles. The monoisotopic (exact) mass is 462 g/mol. The molecule has 0 bridgehead atoms. The van der Waals surface area contributed by atoms with E-state index in [1.165, 1.54) is 17.1 Å². The van der Waals surface area contributed by atoms with Gasteiger partial charge in [-0.1, -0.05) is 26.0 Å². The van der Waals surface area contributed by atoms with E-state index in [4.69, 9.17) is 4.74 Å². The Morgan fingerprint density at radius 2 is 1.82 bits per heavy atom. The van der Waals surface area contributed by atoms with Crippen molar-refractivity contribution >= 4 is 39.0 Å². The molecule has 0 saturated heterocycles. The first-order chi connectivity index (χ1) is 15.9. The van der Waals surface area contributed by atoms with Crippen LogP contribution in [0.4, 0.5) is 5.00 Å². The van der Waals surface area contributed by atoms with Crippen LogP contribution in [-0.4, -0.2) is 33.2 Å². The quantitative estimate of drug-likeness (QED) is 0.426. The fraction of sp³-hybridized carbons (Fsp3) is 0.208. The Morgan fingerprint density at radius 3 is 2.45 bits per heavy atom. The van der Waals surface area contributed by atoms with E-state index in [0.29, 0.717) is 27.6 Å². The predicted molar refractivity (Wildman–Crippen MR) is 127 cm³/mol.